The van der Waals surface area contributed by atoms with Crippen molar-refractivity contribution in [2.24, 2.45) is 11.7 Å². The van der Waals surface area contributed by atoms with Gasteiger partial charge in [-0.3, -0.25) is 10.1 Å². The van der Waals surface area contributed by atoms with Crippen LogP contribution >= 0.6 is 11.3 Å². The van der Waals surface area contributed by atoms with E-state index in [9.17, 15) is 10.1 Å². The van der Waals surface area contributed by atoms with Crippen molar-refractivity contribution in [3.63, 3.8) is 0 Å². The Kier molecular flexibility index (Phi) is 3.92. The van der Waals surface area contributed by atoms with Gasteiger partial charge in [0.1, 0.15) is 5.69 Å². The van der Waals surface area contributed by atoms with Gasteiger partial charge in [0.05, 0.1) is 15.1 Å². The molecule has 2 rings (SSSR count). The van der Waals surface area contributed by atoms with Crippen molar-refractivity contribution >= 4 is 32.9 Å². The zero-order valence-electron chi connectivity index (χ0n) is 11.7. The summed E-state index contributed by atoms with van der Waals surface area (Å²) in [4.78, 5) is 15.1. The zero-order valence-corrected chi connectivity index (χ0v) is 12.5. The fourth-order valence-electron chi connectivity index (χ4n) is 1.94. The smallest absolute Gasteiger partial charge is 0.319 e. The number of nitro benzene ring substituents is 1. The summed E-state index contributed by atoms with van der Waals surface area (Å²) in [6, 6.07) is 3.58. The molecule has 0 saturated carbocycles. The van der Waals surface area contributed by atoms with E-state index in [2.05, 4.69) is 10.3 Å². The van der Waals surface area contributed by atoms with E-state index >= 15 is 0 Å². The average molecular weight is 294 g/mol. The van der Waals surface area contributed by atoms with E-state index < -0.39 is 5.54 Å². The Morgan fingerprint density at radius 1 is 1.55 bits per heavy atom. The van der Waals surface area contributed by atoms with Crippen LogP contribution in [-0.2, 0) is 0 Å². The molecule has 0 spiro atoms. The lowest BCUT2D eigenvalue weighted by Gasteiger charge is -2.34. The minimum absolute atomic E-state index is 0.0177. The van der Waals surface area contributed by atoms with Gasteiger partial charge in [-0.15, -0.1) is 11.3 Å². The van der Waals surface area contributed by atoms with E-state index in [0.29, 0.717) is 17.7 Å². The van der Waals surface area contributed by atoms with E-state index in [1.54, 1.807) is 11.6 Å². The zero-order chi connectivity index (χ0) is 14.9. The van der Waals surface area contributed by atoms with Gasteiger partial charge in [-0.2, -0.15) is 0 Å². The molecule has 0 aliphatic rings. The Bertz CT molecular complexity index is 640. The van der Waals surface area contributed by atoms with Gasteiger partial charge in [0.15, 0.2) is 5.52 Å². The van der Waals surface area contributed by atoms with E-state index in [-0.39, 0.29) is 16.5 Å². The molecule has 0 aliphatic heterocycles. The SMILES string of the molecule is CC(C)C(C)(CN)Nc1ccc2scnc2c1[N+](=O)[O-]. The summed E-state index contributed by atoms with van der Waals surface area (Å²) >= 11 is 1.39. The number of nitrogens with one attached hydrogen (secondary N) is 1. The number of hydrogen-bond donors (Lipinski definition) is 2. The maximum absolute atomic E-state index is 11.4. The second-order valence-electron chi connectivity index (χ2n) is 5.32. The van der Waals surface area contributed by atoms with Crippen molar-refractivity contribution in [2.75, 3.05) is 11.9 Å². The molecule has 20 heavy (non-hydrogen) atoms. The van der Waals surface area contributed by atoms with Gasteiger partial charge in [-0.25, -0.2) is 4.98 Å². The number of nitrogens with zero attached hydrogens (tertiary/aromatic N) is 2. The predicted octanol–water partition coefficient (Wildman–Crippen LogP) is 2.99. The van der Waals surface area contributed by atoms with E-state index in [4.69, 9.17) is 5.73 Å². The molecule has 0 bridgehead atoms. The van der Waals surface area contributed by atoms with Crippen molar-refractivity contribution in [1.29, 1.82) is 0 Å². The Labute approximate surface area is 121 Å². The maximum atomic E-state index is 11.4. The molecule has 6 nitrogen and oxygen atoms in total. The third-order valence-electron chi connectivity index (χ3n) is 3.78. The third-order valence-corrected chi connectivity index (χ3v) is 4.57. The first-order chi connectivity index (χ1) is 9.39. The molecule has 0 fully saturated rings. The number of nitro groups is 1. The number of fused-ring (bicyclic) bond motifs is 1. The molecule has 0 saturated heterocycles. The van der Waals surface area contributed by atoms with Gasteiger partial charge < -0.3 is 11.1 Å². The van der Waals surface area contributed by atoms with E-state index in [1.165, 1.54) is 11.3 Å². The third kappa shape index (κ3) is 2.46. The highest BCUT2D eigenvalue weighted by atomic mass is 32.1. The lowest BCUT2D eigenvalue weighted by atomic mass is 9.88. The second kappa shape index (κ2) is 5.34. The molecule has 0 radical (unpaired) electrons. The van der Waals surface area contributed by atoms with Crippen LogP contribution in [0.15, 0.2) is 17.6 Å². The Morgan fingerprint density at radius 3 is 2.80 bits per heavy atom. The molecular weight excluding hydrogens is 276 g/mol. The molecule has 108 valence electrons. The predicted molar refractivity (Wildman–Crippen MR) is 82.2 cm³/mol. The fourth-order valence-corrected chi connectivity index (χ4v) is 2.62. The first-order valence-corrected chi connectivity index (χ1v) is 7.26. The van der Waals surface area contributed by atoms with Crippen molar-refractivity contribution in [2.45, 2.75) is 26.3 Å². The number of thiazole rings is 1. The molecule has 1 unspecified atom stereocenters. The Balaban J connectivity index is 2.54. The number of benzene rings is 1. The van der Waals surface area contributed by atoms with Gasteiger partial charge in [0.2, 0.25) is 0 Å². The summed E-state index contributed by atoms with van der Waals surface area (Å²) in [5.74, 6) is 0.234. The van der Waals surface area contributed by atoms with Crippen LogP contribution in [0.1, 0.15) is 20.8 Å². The van der Waals surface area contributed by atoms with Crippen molar-refractivity contribution in [3.05, 3.63) is 27.8 Å². The summed E-state index contributed by atoms with van der Waals surface area (Å²) in [6.07, 6.45) is 0. The number of nitrogens with two attached hydrogens (primary N) is 1. The van der Waals surface area contributed by atoms with Crippen LogP contribution in [0.5, 0.6) is 0 Å². The first-order valence-electron chi connectivity index (χ1n) is 6.38. The number of rotatable bonds is 5. The summed E-state index contributed by atoms with van der Waals surface area (Å²) in [5, 5.41) is 14.6. The molecule has 1 aromatic carbocycles. The average Bonchev–Trinajstić information content (AvgIpc) is 2.85. The second-order valence-corrected chi connectivity index (χ2v) is 6.21. The van der Waals surface area contributed by atoms with Crippen LogP contribution in [0.3, 0.4) is 0 Å². The number of anilines is 1. The summed E-state index contributed by atoms with van der Waals surface area (Å²) in [5.41, 5.74) is 7.95. The monoisotopic (exact) mass is 294 g/mol. The molecular formula is C13H18N4O2S. The van der Waals surface area contributed by atoms with Gasteiger partial charge in [-0.05, 0) is 25.0 Å². The molecule has 0 aliphatic carbocycles. The topological polar surface area (TPSA) is 94.1 Å². The van der Waals surface area contributed by atoms with Crippen LogP contribution in [0.4, 0.5) is 11.4 Å². The largest absolute Gasteiger partial charge is 0.373 e. The van der Waals surface area contributed by atoms with Gasteiger partial charge in [0.25, 0.3) is 0 Å². The minimum atomic E-state index is -0.408. The van der Waals surface area contributed by atoms with Gasteiger partial charge in [0, 0.05) is 12.1 Å². The van der Waals surface area contributed by atoms with Crippen molar-refractivity contribution in [3.8, 4) is 0 Å². The highest BCUT2D eigenvalue weighted by Gasteiger charge is 2.30. The van der Waals surface area contributed by atoms with Crippen molar-refractivity contribution < 1.29 is 4.92 Å². The summed E-state index contributed by atoms with van der Waals surface area (Å²) in [6.45, 7) is 6.42. The molecule has 1 heterocycles. The molecule has 7 heteroatoms. The minimum Gasteiger partial charge on any atom is -0.373 e. The first kappa shape index (κ1) is 14.7. The van der Waals surface area contributed by atoms with Crippen LogP contribution < -0.4 is 11.1 Å². The standard InChI is InChI=1S/C13H18N4O2S/c1-8(2)13(3,6-14)16-9-4-5-10-11(15-7-20-10)12(9)17(18)19/h4-5,7-8,16H,6,14H2,1-3H3. The summed E-state index contributed by atoms with van der Waals surface area (Å²) in [7, 11) is 0. The maximum Gasteiger partial charge on any atom is 0.319 e. The lowest BCUT2D eigenvalue weighted by molar-refractivity contribution is -0.382. The molecule has 1 aromatic heterocycles. The number of aromatic nitrogens is 1. The normalized spacial score (nSPS) is 14.4. The molecule has 0 amide bonds. The highest BCUT2D eigenvalue weighted by molar-refractivity contribution is 7.16. The highest BCUT2D eigenvalue weighted by Crippen LogP contribution is 2.36. The molecule has 2 aromatic rings. The van der Waals surface area contributed by atoms with E-state index in [0.717, 1.165) is 4.70 Å². The quantitative estimate of drug-likeness (QED) is 0.653. The van der Waals surface area contributed by atoms with Gasteiger partial charge >= 0.3 is 5.69 Å². The van der Waals surface area contributed by atoms with Crippen LogP contribution in [0, 0.1) is 16.0 Å². The Morgan fingerprint density at radius 2 is 2.25 bits per heavy atom. The van der Waals surface area contributed by atoms with Crippen LogP contribution in [0.2, 0.25) is 0 Å². The fraction of sp³-hybridized carbons (Fsp3) is 0.462. The summed E-state index contributed by atoms with van der Waals surface area (Å²) < 4.78 is 0.807. The van der Waals surface area contributed by atoms with Crippen LogP contribution in [-0.4, -0.2) is 22.0 Å². The Hall–Kier alpha value is -1.73. The van der Waals surface area contributed by atoms with E-state index in [1.807, 2.05) is 26.8 Å². The molecule has 1 atom stereocenters. The van der Waals surface area contributed by atoms with Crippen molar-refractivity contribution in [1.82, 2.24) is 4.98 Å². The lowest BCUT2D eigenvalue weighted by Crippen LogP contribution is -2.47. The van der Waals surface area contributed by atoms with Crippen LogP contribution in [0.25, 0.3) is 10.2 Å². The number of hydrogen-bond acceptors (Lipinski definition) is 6. The molecule has 3 N–H and O–H groups in total. The van der Waals surface area contributed by atoms with Gasteiger partial charge in [-0.1, -0.05) is 13.8 Å².